The molecule has 4 N–H and O–H groups in total. The van der Waals surface area contributed by atoms with Crippen LogP contribution in [0.1, 0.15) is 79.6 Å². The summed E-state index contributed by atoms with van der Waals surface area (Å²) in [5.41, 5.74) is 6.58. The first-order valence-corrected chi connectivity index (χ1v) is 20.3. The van der Waals surface area contributed by atoms with Crippen molar-refractivity contribution in [3.63, 3.8) is 0 Å². The van der Waals surface area contributed by atoms with E-state index in [2.05, 4.69) is 56.5 Å². The van der Waals surface area contributed by atoms with Crippen LogP contribution < -0.4 is 10.6 Å². The predicted octanol–water partition coefficient (Wildman–Crippen LogP) is 7.63. The number of aliphatic hydroxyl groups is 1. The van der Waals surface area contributed by atoms with E-state index in [9.17, 15) is 15.0 Å². The first-order chi connectivity index (χ1) is 26.9. The lowest BCUT2D eigenvalue weighted by Gasteiger charge is -2.56. The number of benzene rings is 4. The molecular weight excluding hydrogens is 713 g/mol. The van der Waals surface area contributed by atoms with Gasteiger partial charge in [0.2, 0.25) is 5.16 Å². The highest BCUT2D eigenvalue weighted by molar-refractivity contribution is 7.99. The van der Waals surface area contributed by atoms with Crippen LogP contribution in [0.15, 0.2) is 102 Å². The smallest absolute Gasteiger partial charge is 0.315 e. The van der Waals surface area contributed by atoms with Gasteiger partial charge in [0.15, 0.2) is 6.29 Å². The van der Waals surface area contributed by atoms with Crippen molar-refractivity contribution in [1.82, 2.24) is 30.8 Å². The van der Waals surface area contributed by atoms with E-state index in [1.807, 2.05) is 42.5 Å². The number of urea groups is 1. The van der Waals surface area contributed by atoms with Crippen LogP contribution in [0, 0.1) is 17.8 Å². The first-order valence-electron chi connectivity index (χ1n) is 19.3. The van der Waals surface area contributed by atoms with Crippen molar-refractivity contribution in [2.45, 2.75) is 87.3 Å². The van der Waals surface area contributed by atoms with Gasteiger partial charge in [-0.3, -0.25) is 0 Å². The number of carbonyl (C=O) groups is 1. The van der Waals surface area contributed by atoms with E-state index in [0.29, 0.717) is 23.9 Å². The summed E-state index contributed by atoms with van der Waals surface area (Å²) >= 11 is 1.50. The minimum atomic E-state index is -0.631. The Kier molecular flexibility index (Phi) is 10.1. The normalized spacial score (nSPS) is 26.9. The first kappa shape index (κ1) is 35.9. The number of thioether (sulfide) groups is 1. The number of amides is 2. The van der Waals surface area contributed by atoms with Gasteiger partial charge in [0, 0.05) is 29.8 Å². The Morgan fingerprint density at radius 3 is 2.25 bits per heavy atom. The topological polar surface area (TPSA) is 144 Å². The van der Waals surface area contributed by atoms with Gasteiger partial charge in [-0.05, 0) is 131 Å². The minimum Gasteiger partial charge on any atom is -0.508 e. The number of nitrogens with zero attached hydrogens (tertiary/aromatic N) is 4. The van der Waals surface area contributed by atoms with Crippen LogP contribution >= 0.6 is 11.8 Å². The van der Waals surface area contributed by atoms with E-state index in [0.717, 1.165) is 76.1 Å². The maximum absolute atomic E-state index is 13.2. The maximum atomic E-state index is 13.2. The predicted molar refractivity (Wildman–Crippen MR) is 208 cm³/mol. The average Bonchev–Trinajstić information content (AvgIpc) is 3.68. The number of phenolic OH excluding ortho intramolecular Hbond substituents is 1. The number of carbonyl (C=O) groups excluding carboxylic acids is 1. The number of rotatable bonds is 11. The highest BCUT2D eigenvalue weighted by Crippen LogP contribution is 2.55. The second kappa shape index (κ2) is 15.4. The molecule has 1 saturated heterocycles. The van der Waals surface area contributed by atoms with Crippen molar-refractivity contribution in [2.24, 2.45) is 17.8 Å². The third kappa shape index (κ3) is 8.00. The molecule has 2 amide bonds. The van der Waals surface area contributed by atoms with E-state index in [1.165, 1.54) is 31.0 Å². The Bertz CT molecular complexity index is 2090. The molecular formula is C43H46N6O5S. The van der Waals surface area contributed by atoms with Crippen molar-refractivity contribution < 1.29 is 24.5 Å². The summed E-state index contributed by atoms with van der Waals surface area (Å²) in [5.74, 6) is 3.08. The van der Waals surface area contributed by atoms with Crippen LogP contribution in [0.2, 0.25) is 0 Å². The molecule has 0 radical (unpaired) electrons. The summed E-state index contributed by atoms with van der Waals surface area (Å²) in [6.45, 7) is 0.429. The Morgan fingerprint density at radius 1 is 0.818 bits per heavy atom. The van der Waals surface area contributed by atoms with Crippen molar-refractivity contribution in [3.8, 4) is 22.6 Å². The second-order valence-corrected chi connectivity index (χ2v) is 16.9. The van der Waals surface area contributed by atoms with Crippen LogP contribution in [0.25, 0.3) is 16.8 Å². The van der Waals surface area contributed by atoms with Crippen molar-refractivity contribution in [2.75, 3.05) is 5.75 Å². The molecule has 3 atom stereocenters. The van der Waals surface area contributed by atoms with Crippen molar-refractivity contribution in [1.29, 1.82) is 0 Å². The molecule has 11 nitrogen and oxygen atoms in total. The lowest BCUT2D eigenvalue weighted by Crippen LogP contribution is -2.61. The second-order valence-electron chi connectivity index (χ2n) is 15.9. The molecule has 12 heteroatoms. The number of phenols is 1. The Hall–Kier alpha value is -4.75. The lowest BCUT2D eigenvalue weighted by atomic mass is 9.53. The van der Waals surface area contributed by atoms with E-state index in [-0.39, 0.29) is 36.1 Å². The largest absolute Gasteiger partial charge is 0.508 e. The highest BCUT2D eigenvalue weighted by Gasteiger charge is 2.51. The number of hydrogen-bond acceptors (Lipinski definition) is 9. The molecule has 4 bridgehead atoms. The van der Waals surface area contributed by atoms with Gasteiger partial charge in [0.1, 0.15) is 5.75 Å². The Balaban J connectivity index is 0.893. The molecule has 284 valence electrons. The number of aromatic hydroxyl groups is 1. The molecule has 5 aromatic rings. The van der Waals surface area contributed by atoms with Crippen LogP contribution in [0.4, 0.5) is 4.79 Å². The molecule has 2 heterocycles. The highest BCUT2D eigenvalue weighted by atomic mass is 32.2. The maximum Gasteiger partial charge on any atom is 0.315 e. The monoisotopic (exact) mass is 758 g/mol. The Labute approximate surface area is 324 Å². The molecule has 1 aliphatic heterocycles. The number of nitrogens with one attached hydrogen (secondary N) is 2. The average molecular weight is 759 g/mol. The standard InChI is InChI=1S/C43H46N6O5S/c50-25-27-7-9-32(10-8-27)39-20-38(26-55-42-46-47-48-49(42)36-11-13-37(51)14-12-36)53-40(54-39)35-6-2-5-34(19-35)33-4-1-3-28(18-33)24-44-41(52)45-43-21-29-15-30(22-43)17-31(16-29)23-43/h1-14,18-19,29-31,38-40,50-51H,15-17,20-26H2,(H2,44,45,52)/t29?,30?,31?,38-,39+,40+,43?/m0/s1. The molecule has 4 aliphatic carbocycles. The fraction of sp³-hybridized carbons (Fsp3) is 0.395. The summed E-state index contributed by atoms with van der Waals surface area (Å²) in [6, 6.07) is 31.1. The van der Waals surface area contributed by atoms with Gasteiger partial charge in [0.05, 0.1) is 24.5 Å². The van der Waals surface area contributed by atoms with Crippen molar-refractivity contribution in [3.05, 3.63) is 119 Å². The number of hydrogen-bond donors (Lipinski definition) is 4. The molecule has 55 heavy (non-hydrogen) atoms. The molecule has 0 unspecified atom stereocenters. The van der Waals surface area contributed by atoms with Crippen LogP contribution in [0.3, 0.4) is 0 Å². The molecule has 5 aliphatic rings. The summed E-state index contributed by atoms with van der Waals surface area (Å²) in [5, 5.41) is 38.9. The van der Waals surface area contributed by atoms with Crippen LogP contribution in [-0.4, -0.2) is 53.8 Å². The van der Waals surface area contributed by atoms with Gasteiger partial charge >= 0.3 is 6.03 Å². The fourth-order valence-corrected chi connectivity index (χ4v) is 10.6. The molecule has 4 aromatic carbocycles. The van der Waals surface area contributed by atoms with Gasteiger partial charge in [-0.25, -0.2) is 4.79 Å². The van der Waals surface area contributed by atoms with Crippen molar-refractivity contribution >= 4 is 17.8 Å². The van der Waals surface area contributed by atoms with E-state index in [1.54, 1.807) is 28.9 Å². The molecule has 5 fully saturated rings. The fourth-order valence-electron chi connectivity index (χ4n) is 9.67. The number of ether oxygens (including phenoxy) is 2. The number of aromatic nitrogens is 4. The minimum absolute atomic E-state index is 0.0194. The summed E-state index contributed by atoms with van der Waals surface area (Å²) < 4.78 is 15.0. The quantitative estimate of drug-likeness (QED) is 0.100. The molecule has 4 saturated carbocycles. The van der Waals surface area contributed by atoms with Gasteiger partial charge in [-0.15, -0.1) is 5.10 Å². The lowest BCUT2D eigenvalue weighted by molar-refractivity contribution is -0.245. The van der Waals surface area contributed by atoms with Crippen LogP contribution in [-0.2, 0) is 22.6 Å². The Morgan fingerprint density at radius 2 is 1.53 bits per heavy atom. The molecule has 10 rings (SSSR count). The molecule has 0 spiro atoms. The van der Waals surface area contributed by atoms with Gasteiger partial charge in [0.25, 0.3) is 0 Å². The van der Waals surface area contributed by atoms with E-state index >= 15 is 0 Å². The zero-order valence-corrected chi connectivity index (χ0v) is 31.4. The van der Waals surface area contributed by atoms with Gasteiger partial charge in [-0.2, -0.15) is 4.68 Å². The SMILES string of the molecule is O=C(NCc1cccc(-c2cccc([C@@H]3O[C@H](CSc4nnnn4-c4ccc(O)cc4)C[C@H](c4ccc(CO)cc4)O3)c2)c1)NC12CC3CC(CC(C3)C1)C2. The van der Waals surface area contributed by atoms with Gasteiger partial charge in [-0.1, -0.05) is 72.4 Å². The van der Waals surface area contributed by atoms with E-state index < -0.39 is 6.29 Å². The third-order valence-electron chi connectivity index (χ3n) is 11.8. The summed E-state index contributed by atoms with van der Waals surface area (Å²) in [7, 11) is 0. The van der Waals surface area contributed by atoms with Gasteiger partial charge < -0.3 is 30.3 Å². The number of aliphatic hydroxyl groups excluding tert-OH is 1. The zero-order chi connectivity index (χ0) is 37.4. The summed E-state index contributed by atoms with van der Waals surface area (Å²) in [4.78, 5) is 13.2. The molecule has 1 aromatic heterocycles. The van der Waals surface area contributed by atoms with Crippen LogP contribution in [0.5, 0.6) is 5.75 Å². The zero-order valence-electron chi connectivity index (χ0n) is 30.6. The number of tetrazole rings is 1. The summed E-state index contributed by atoms with van der Waals surface area (Å²) in [6.07, 6.45) is 6.98. The third-order valence-corrected chi connectivity index (χ3v) is 12.9. The van der Waals surface area contributed by atoms with E-state index in [4.69, 9.17) is 9.47 Å².